The zero-order valence-corrected chi connectivity index (χ0v) is 17.9. The molecule has 2 aromatic rings. The Morgan fingerprint density at radius 1 is 0.704 bits per heavy atom. The van der Waals surface area contributed by atoms with E-state index in [0.717, 1.165) is 24.3 Å². The lowest BCUT2D eigenvalue weighted by Crippen LogP contribution is -1.98. The molecule has 2 rings (SSSR count). The van der Waals surface area contributed by atoms with Crippen LogP contribution in [0.5, 0.6) is 5.75 Å². The highest BCUT2D eigenvalue weighted by molar-refractivity contribution is 6.32. The van der Waals surface area contributed by atoms with Crippen molar-refractivity contribution in [2.75, 3.05) is 6.61 Å². The van der Waals surface area contributed by atoms with Gasteiger partial charge in [0.2, 0.25) is 0 Å². The maximum absolute atomic E-state index is 6.45. The van der Waals surface area contributed by atoms with Gasteiger partial charge in [-0.2, -0.15) is 0 Å². The first-order valence-corrected chi connectivity index (χ1v) is 11.1. The third-order valence-corrected chi connectivity index (χ3v) is 5.34. The van der Waals surface area contributed by atoms with Crippen LogP contribution < -0.4 is 4.74 Å². The molecule has 0 radical (unpaired) electrons. The van der Waals surface area contributed by atoms with E-state index < -0.39 is 0 Å². The second-order valence-corrected chi connectivity index (χ2v) is 7.82. The van der Waals surface area contributed by atoms with Gasteiger partial charge < -0.3 is 4.74 Å². The molecule has 0 aromatic heterocycles. The molecule has 0 aliphatic rings. The molecule has 0 fully saturated rings. The fraction of sp³-hybridized carbons (Fsp3) is 0.520. The van der Waals surface area contributed by atoms with E-state index >= 15 is 0 Å². The van der Waals surface area contributed by atoms with Crippen molar-refractivity contribution in [3.63, 3.8) is 0 Å². The third-order valence-electron chi connectivity index (χ3n) is 5.04. The zero-order valence-electron chi connectivity index (χ0n) is 17.1. The van der Waals surface area contributed by atoms with Gasteiger partial charge in [0.05, 0.1) is 11.6 Å². The lowest BCUT2D eigenvalue weighted by atomic mass is 10.0. The van der Waals surface area contributed by atoms with Gasteiger partial charge in [-0.3, -0.25) is 0 Å². The first-order valence-electron chi connectivity index (χ1n) is 10.8. The quantitative estimate of drug-likeness (QED) is 0.313. The minimum Gasteiger partial charge on any atom is -0.492 e. The predicted molar refractivity (Wildman–Crippen MR) is 119 cm³/mol. The Bertz CT molecular complexity index is 648. The summed E-state index contributed by atoms with van der Waals surface area (Å²) in [5, 5.41) is 0.699. The van der Waals surface area contributed by atoms with Crippen molar-refractivity contribution in [1.29, 1.82) is 0 Å². The summed E-state index contributed by atoms with van der Waals surface area (Å²) in [6.07, 6.45) is 12.6. The Labute approximate surface area is 171 Å². The molecule has 27 heavy (non-hydrogen) atoms. The van der Waals surface area contributed by atoms with Crippen LogP contribution >= 0.6 is 11.6 Å². The molecular formula is C25H35ClO. The molecule has 0 heterocycles. The van der Waals surface area contributed by atoms with E-state index in [1.807, 2.05) is 12.1 Å². The van der Waals surface area contributed by atoms with Crippen molar-refractivity contribution >= 4 is 11.6 Å². The average molecular weight is 387 g/mol. The van der Waals surface area contributed by atoms with Gasteiger partial charge in [0.25, 0.3) is 0 Å². The highest BCUT2D eigenvalue weighted by Gasteiger charge is 2.05. The molecule has 2 heteroatoms. The van der Waals surface area contributed by atoms with Gasteiger partial charge in [0.15, 0.2) is 0 Å². The summed E-state index contributed by atoms with van der Waals surface area (Å²) in [7, 11) is 0. The van der Waals surface area contributed by atoms with Gasteiger partial charge in [-0.25, -0.2) is 0 Å². The SMILES string of the molecule is CCCCCCCOc1ccc(-c2ccc(CCCCCC)cc2)cc1Cl. The van der Waals surface area contributed by atoms with E-state index in [1.54, 1.807) is 0 Å². The van der Waals surface area contributed by atoms with Crippen molar-refractivity contribution < 1.29 is 4.74 Å². The van der Waals surface area contributed by atoms with Crippen molar-refractivity contribution in [2.45, 2.75) is 78.1 Å². The Morgan fingerprint density at radius 3 is 2.00 bits per heavy atom. The second-order valence-electron chi connectivity index (χ2n) is 7.42. The van der Waals surface area contributed by atoms with Gasteiger partial charge in [0.1, 0.15) is 5.75 Å². The monoisotopic (exact) mass is 386 g/mol. The summed E-state index contributed by atoms with van der Waals surface area (Å²) in [5.41, 5.74) is 3.78. The number of rotatable bonds is 13. The molecule has 0 bridgehead atoms. The molecule has 0 unspecified atom stereocenters. The molecule has 0 spiro atoms. The Hall–Kier alpha value is -1.47. The van der Waals surface area contributed by atoms with Crippen molar-refractivity contribution in [1.82, 2.24) is 0 Å². The number of aryl methyl sites for hydroxylation is 1. The summed E-state index contributed by atoms with van der Waals surface area (Å²) >= 11 is 6.45. The maximum Gasteiger partial charge on any atom is 0.137 e. The molecule has 0 atom stereocenters. The first kappa shape index (κ1) is 21.8. The fourth-order valence-electron chi connectivity index (χ4n) is 3.30. The van der Waals surface area contributed by atoms with E-state index in [-0.39, 0.29) is 0 Å². The van der Waals surface area contributed by atoms with Crippen molar-refractivity contribution in [2.24, 2.45) is 0 Å². The van der Waals surface area contributed by atoms with Crippen LogP contribution in [0.1, 0.15) is 77.2 Å². The summed E-state index contributed by atoms with van der Waals surface area (Å²) in [6.45, 7) is 5.23. The lowest BCUT2D eigenvalue weighted by molar-refractivity contribution is 0.305. The molecule has 0 N–H and O–H groups in total. The van der Waals surface area contributed by atoms with E-state index in [9.17, 15) is 0 Å². The summed E-state index contributed by atoms with van der Waals surface area (Å²) < 4.78 is 5.86. The largest absolute Gasteiger partial charge is 0.492 e. The second kappa shape index (κ2) is 12.8. The van der Waals surface area contributed by atoms with Gasteiger partial charge >= 0.3 is 0 Å². The van der Waals surface area contributed by atoms with E-state index in [1.165, 1.54) is 68.9 Å². The van der Waals surface area contributed by atoms with E-state index in [2.05, 4.69) is 44.2 Å². The van der Waals surface area contributed by atoms with Crippen molar-refractivity contribution in [3.05, 3.63) is 53.1 Å². The number of hydrogen-bond acceptors (Lipinski definition) is 1. The predicted octanol–water partition coefficient (Wildman–Crippen LogP) is 8.48. The fourth-order valence-corrected chi connectivity index (χ4v) is 3.54. The Morgan fingerprint density at radius 2 is 1.33 bits per heavy atom. The van der Waals surface area contributed by atoms with Crippen LogP contribution in [0.4, 0.5) is 0 Å². The van der Waals surface area contributed by atoms with Crippen LogP contribution in [0.25, 0.3) is 11.1 Å². The summed E-state index contributed by atoms with van der Waals surface area (Å²) in [5.74, 6) is 0.795. The molecule has 0 saturated carbocycles. The van der Waals surface area contributed by atoms with Crippen LogP contribution in [0.2, 0.25) is 5.02 Å². The number of benzene rings is 2. The van der Waals surface area contributed by atoms with E-state index in [0.29, 0.717) is 5.02 Å². The molecule has 1 nitrogen and oxygen atoms in total. The molecule has 148 valence electrons. The average Bonchev–Trinajstić information content (AvgIpc) is 2.69. The highest BCUT2D eigenvalue weighted by Crippen LogP contribution is 2.31. The number of ether oxygens (including phenoxy) is 1. The normalized spacial score (nSPS) is 10.9. The summed E-state index contributed by atoms with van der Waals surface area (Å²) in [4.78, 5) is 0. The van der Waals surface area contributed by atoms with Crippen LogP contribution in [0.3, 0.4) is 0 Å². The standard InChI is InChI=1S/C25H35ClO/c1-3-5-7-9-11-19-27-25-18-17-23(20-24(25)26)22-15-13-21(14-16-22)12-10-8-6-4-2/h13-18,20H,3-12,19H2,1-2H3. The summed E-state index contributed by atoms with van der Waals surface area (Å²) in [6, 6.07) is 15.0. The maximum atomic E-state index is 6.45. The van der Waals surface area contributed by atoms with Gasteiger partial charge in [-0.15, -0.1) is 0 Å². The van der Waals surface area contributed by atoms with Gasteiger partial charge in [-0.1, -0.05) is 101 Å². The third kappa shape index (κ3) is 7.97. The highest BCUT2D eigenvalue weighted by atomic mass is 35.5. The number of hydrogen-bond donors (Lipinski definition) is 0. The minimum atomic E-state index is 0.699. The van der Waals surface area contributed by atoms with Gasteiger partial charge in [0, 0.05) is 0 Å². The van der Waals surface area contributed by atoms with Crippen LogP contribution in [-0.4, -0.2) is 6.61 Å². The van der Waals surface area contributed by atoms with Crippen molar-refractivity contribution in [3.8, 4) is 16.9 Å². The zero-order chi connectivity index (χ0) is 19.3. The molecular weight excluding hydrogens is 352 g/mol. The molecule has 0 amide bonds. The first-order chi connectivity index (χ1) is 13.2. The minimum absolute atomic E-state index is 0.699. The lowest BCUT2D eigenvalue weighted by Gasteiger charge is -2.10. The molecule has 0 aliphatic carbocycles. The topological polar surface area (TPSA) is 9.23 Å². The number of unbranched alkanes of at least 4 members (excludes halogenated alkanes) is 7. The Balaban J connectivity index is 1.85. The van der Waals surface area contributed by atoms with E-state index in [4.69, 9.17) is 16.3 Å². The van der Waals surface area contributed by atoms with Crippen LogP contribution in [-0.2, 0) is 6.42 Å². The van der Waals surface area contributed by atoms with Gasteiger partial charge in [-0.05, 0) is 48.1 Å². The molecule has 0 aliphatic heterocycles. The number of halogens is 1. The van der Waals surface area contributed by atoms with Crippen LogP contribution in [0, 0.1) is 0 Å². The Kier molecular flexibility index (Phi) is 10.4. The smallest absolute Gasteiger partial charge is 0.137 e. The van der Waals surface area contributed by atoms with Crippen LogP contribution in [0.15, 0.2) is 42.5 Å². The molecule has 2 aromatic carbocycles. The molecule has 0 saturated heterocycles.